The number of pyridine rings is 1. The molecule has 3 aromatic rings. The Balaban J connectivity index is 1.34. The van der Waals surface area contributed by atoms with E-state index in [2.05, 4.69) is 30.5 Å². The Bertz CT molecular complexity index is 911. The maximum atomic E-state index is 12.4. The van der Waals surface area contributed by atoms with Gasteiger partial charge in [0.25, 0.3) is 0 Å². The number of carbonyl (C=O) groups excluding carboxylic acids is 1. The van der Waals surface area contributed by atoms with Crippen molar-refractivity contribution in [3.63, 3.8) is 0 Å². The van der Waals surface area contributed by atoms with Crippen molar-refractivity contribution in [3.05, 3.63) is 55.1 Å². The van der Waals surface area contributed by atoms with E-state index < -0.39 is 0 Å². The van der Waals surface area contributed by atoms with Crippen LogP contribution >= 0.6 is 0 Å². The summed E-state index contributed by atoms with van der Waals surface area (Å²) in [6.45, 7) is 2.43. The van der Waals surface area contributed by atoms with Gasteiger partial charge in [0, 0.05) is 55.2 Å². The van der Waals surface area contributed by atoms with Crippen molar-refractivity contribution in [1.29, 1.82) is 0 Å². The highest BCUT2D eigenvalue weighted by Gasteiger charge is 2.22. The van der Waals surface area contributed by atoms with Crippen LogP contribution in [0, 0.1) is 5.92 Å². The molecule has 1 aromatic carbocycles. The number of nitrogens with one attached hydrogen (secondary N) is 2. The molecule has 2 amide bonds. The molecule has 7 nitrogen and oxygen atoms in total. The fourth-order valence-corrected chi connectivity index (χ4v) is 3.50. The Labute approximate surface area is 157 Å². The second kappa shape index (κ2) is 7.99. The lowest BCUT2D eigenvalue weighted by atomic mass is 9.98. The van der Waals surface area contributed by atoms with Crippen LogP contribution in [0.15, 0.2) is 55.1 Å². The number of fused-ring (bicyclic) bond motifs is 1. The molecular formula is C20H22N6O. The number of amides is 2. The molecule has 0 spiro atoms. The van der Waals surface area contributed by atoms with Crippen LogP contribution in [0.2, 0.25) is 0 Å². The predicted octanol–water partition coefficient (Wildman–Crippen LogP) is 3.06. The van der Waals surface area contributed by atoms with E-state index in [0.29, 0.717) is 12.5 Å². The van der Waals surface area contributed by atoms with Crippen LogP contribution in [0.25, 0.3) is 10.8 Å². The minimum atomic E-state index is -0.188. The fourth-order valence-electron chi connectivity index (χ4n) is 3.50. The number of hydrogen-bond acceptors (Lipinski definition) is 5. The molecule has 1 saturated heterocycles. The number of aromatic nitrogens is 3. The van der Waals surface area contributed by atoms with Crippen LogP contribution < -0.4 is 15.5 Å². The number of hydrogen-bond donors (Lipinski definition) is 2. The van der Waals surface area contributed by atoms with Gasteiger partial charge in [0.05, 0.1) is 5.69 Å². The first-order valence-electron chi connectivity index (χ1n) is 9.19. The lowest BCUT2D eigenvalue weighted by molar-refractivity contribution is 0.249. The maximum Gasteiger partial charge on any atom is 0.319 e. The van der Waals surface area contributed by atoms with Crippen LogP contribution in [0.3, 0.4) is 0 Å². The third kappa shape index (κ3) is 4.13. The molecule has 1 aliphatic heterocycles. The van der Waals surface area contributed by atoms with Gasteiger partial charge in [-0.3, -0.25) is 4.98 Å². The van der Waals surface area contributed by atoms with Gasteiger partial charge in [0.15, 0.2) is 0 Å². The van der Waals surface area contributed by atoms with Gasteiger partial charge in [0.2, 0.25) is 5.95 Å². The van der Waals surface area contributed by atoms with Gasteiger partial charge in [-0.05, 0) is 37.0 Å². The van der Waals surface area contributed by atoms with Crippen molar-refractivity contribution in [3.8, 4) is 0 Å². The Morgan fingerprint density at radius 1 is 1.15 bits per heavy atom. The Hall–Kier alpha value is -3.22. The number of rotatable bonds is 4. The summed E-state index contributed by atoms with van der Waals surface area (Å²) >= 11 is 0. The van der Waals surface area contributed by atoms with Crippen LogP contribution in [0.4, 0.5) is 16.4 Å². The number of nitrogens with zero attached hydrogens (tertiary/aromatic N) is 4. The van der Waals surface area contributed by atoms with Gasteiger partial charge in [-0.25, -0.2) is 14.8 Å². The molecule has 138 valence electrons. The van der Waals surface area contributed by atoms with E-state index in [0.717, 1.165) is 48.3 Å². The molecule has 1 aliphatic rings. The normalized spacial score (nSPS) is 16.9. The summed E-state index contributed by atoms with van der Waals surface area (Å²) in [6, 6.07) is 9.33. The number of benzene rings is 1. The number of urea groups is 1. The fraction of sp³-hybridized carbons (Fsp3) is 0.300. The molecule has 27 heavy (non-hydrogen) atoms. The molecule has 1 fully saturated rings. The van der Waals surface area contributed by atoms with Crippen molar-refractivity contribution in [2.24, 2.45) is 5.92 Å². The molecule has 0 radical (unpaired) electrons. The zero-order valence-electron chi connectivity index (χ0n) is 15.0. The molecular weight excluding hydrogens is 340 g/mol. The zero-order valence-corrected chi connectivity index (χ0v) is 15.0. The van der Waals surface area contributed by atoms with Crippen molar-refractivity contribution in [1.82, 2.24) is 20.3 Å². The summed E-state index contributed by atoms with van der Waals surface area (Å²) in [5.41, 5.74) is 0.787. The highest BCUT2D eigenvalue weighted by atomic mass is 16.2. The molecule has 0 unspecified atom stereocenters. The van der Waals surface area contributed by atoms with Crippen LogP contribution in [-0.2, 0) is 0 Å². The van der Waals surface area contributed by atoms with Crippen molar-refractivity contribution < 1.29 is 4.79 Å². The first-order chi connectivity index (χ1) is 13.3. The number of anilines is 2. The van der Waals surface area contributed by atoms with E-state index in [4.69, 9.17) is 0 Å². The van der Waals surface area contributed by atoms with Crippen LogP contribution in [0.5, 0.6) is 0 Å². The Morgan fingerprint density at radius 2 is 2.04 bits per heavy atom. The third-order valence-corrected chi connectivity index (χ3v) is 4.83. The third-order valence-electron chi connectivity index (χ3n) is 4.83. The topological polar surface area (TPSA) is 83.0 Å². The molecule has 4 rings (SSSR count). The highest BCUT2D eigenvalue weighted by Crippen LogP contribution is 2.22. The minimum Gasteiger partial charge on any atom is -0.340 e. The summed E-state index contributed by atoms with van der Waals surface area (Å²) < 4.78 is 0. The average Bonchev–Trinajstić information content (AvgIpc) is 2.73. The van der Waals surface area contributed by atoms with Gasteiger partial charge in [-0.15, -0.1) is 0 Å². The molecule has 7 heteroatoms. The van der Waals surface area contributed by atoms with Gasteiger partial charge in [-0.1, -0.05) is 12.1 Å². The molecule has 0 saturated carbocycles. The molecule has 1 atom stereocenters. The first kappa shape index (κ1) is 17.2. The van der Waals surface area contributed by atoms with E-state index in [9.17, 15) is 4.79 Å². The van der Waals surface area contributed by atoms with E-state index in [1.165, 1.54) is 0 Å². The summed E-state index contributed by atoms with van der Waals surface area (Å²) in [4.78, 5) is 27.3. The second-order valence-corrected chi connectivity index (χ2v) is 6.74. The molecule has 2 aromatic heterocycles. The summed E-state index contributed by atoms with van der Waals surface area (Å²) in [7, 11) is 0. The molecule has 3 heterocycles. The average molecular weight is 362 g/mol. The summed E-state index contributed by atoms with van der Waals surface area (Å²) in [6.07, 6.45) is 9.20. The van der Waals surface area contributed by atoms with Crippen molar-refractivity contribution in [2.45, 2.75) is 12.8 Å². The van der Waals surface area contributed by atoms with E-state index >= 15 is 0 Å². The van der Waals surface area contributed by atoms with Gasteiger partial charge in [-0.2, -0.15) is 0 Å². The van der Waals surface area contributed by atoms with Crippen molar-refractivity contribution in [2.75, 3.05) is 29.9 Å². The summed E-state index contributed by atoms with van der Waals surface area (Å²) in [5, 5.41) is 7.94. The standard InChI is InChI=1S/C20H22N6O/c27-20(25-18-6-1-5-16-13-21-10-7-17(16)18)24-12-15-4-2-11-26(14-15)19-22-8-3-9-23-19/h1,3,5-10,13,15H,2,4,11-12,14H2,(H2,24,25,27)/t15-/m1/s1. The largest absolute Gasteiger partial charge is 0.340 e. The lowest BCUT2D eigenvalue weighted by Gasteiger charge is -2.32. The van der Waals surface area contributed by atoms with Crippen molar-refractivity contribution >= 4 is 28.4 Å². The van der Waals surface area contributed by atoms with Gasteiger partial charge < -0.3 is 15.5 Å². The monoisotopic (exact) mass is 362 g/mol. The first-order valence-corrected chi connectivity index (χ1v) is 9.19. The smallest absolute Gasteiger partial charge is 0.319 e. The van der Waals surface area contributed by atoms with E-state index in [-0.39, 0.29) is 6.03 Å². The Morgan fingerprint density at radius 3 is 2.93 bits per heavy atom. The minimum absolute atomic E-state index is 0.188. The predicted molar refractivity (Wildman–Crippen MR) is 106 cm³/mol. The Kier molecular flexibility index (Phi) is 5.09. The molecule has 0 aliphatic carbocycles. The quantitative estimate of drug-likeness (QED) is 0.745. The van der Waals surface area contributed by atoms with Crippen LogP contribution in [0.1, 0.15) is 12.8 Å². The molecule has 0 bridgehead atoms. The van der Waals surface area contributed by atoms with Gasteiger partial charge >= 0.3 is 6.03 Å². The summed E-state index contributed by atoms with van der Waals surface area (Å²) in [5.74, 6) is 1.14. The number of piperidine rings is 1. The van der Waals surface area contributed by atoms with Crippen LogP contribution in [-0.4, -0.2) is 40.6 Å². The highest BCUT2D eigenvalue weighted by molar-refractivity contribution is 6.01. The SMILES string of the molecule is O=C(NC[C@H]1CCCN(c2ncccn2)C1)Nc1cccc2cnccc12. The van der Waals surface area contributed by atoms with Gasteiger partial charge in [0.1, 0.15) is 0 Å². The van der Waals surface area contributed by atoms with E-state index in [1.54, 1.807) is 24.8 Å². The number of carbonyl (C=O) groups is 1. The molecule has 2 N–H and O–H groups in total. The maximum absolute atomic E-state index is 12.4. The zero-order chi connectivity index (χ0) is 18.5. The second-order valence-electron chi connectivity index (χ2n) is 6.74. The van der Waals surface area contributed by atoms with E-state index in [1.807, 2.05) is 30.3 Å². The lowest BCUT2D eigenvalue weighted by Crippen LogP contribution is -2.42.